The average molecular weight is 312 g/mol. The molecule has 1 heterocycles. The fourth-order valence-electron chi connectivity index (χ4n) is 1.83. The number of halogens is 2. The lowest BCUT2D eigenvalue weighted by atomic mass is 10.1. The van der Waals surface area contributed by atoms with Gasteiger partial charge in [-0.15, -0.1) is 0 Å². The van der Waals surface area contributed by atoms with Crippen LogP contribution in [0.15, 0.2) is 18.3 Å². The van der Waals surface area contributed by atoms with Gasteiger partial charge >= 0.3 is 0 Å². The van der Waals surface area contributed by atoms with E-state index in [4.69, 9.17) is 23.2 Å². The number of carbonyl (C=O) groups is 1. The minimum atomic E-state index is -0.150. The highest BCUT2D eigenvalue weighted by atomic mass is 35.5. The van der Waals surface area contributed by atoms with Crippen LogP contribution in [0, 0.1) is 13.8 Å². The number of aromatic nitrogens is 2. The van der Waals surface area contributed by atoms with Gasteiger partial charge in [0.2, 0.25) is 0 Å². The van der Waals surface area contributed by atoms with Gasteiger partial charge in [0.25, 0.3) is 5.91 Å². The van der Waals surface area contributed by atoms with Crippen LogP contribution in [0.2, 0.25) is 10.0 Å². The third kappa shape index (κ3) is 3.14. The quantitative estimate of drug-likeness (QED) is 0.941. The third-order valence-electron chi connectivity index (χ3n) is 3.02. The Morgan fingerprint density at radius 2 is 1.90 bits per heavy atom. The van der Waals surface area contributed by atoms with E-state index in [2.05, 4.69) is 9.97 Å². The Hall–Kier alpha value is -1.52. The second kappa shape index (κ2) is 5.85. The van der Waals surface area contributed by atoms with Gasteiger partial charge in [0.15, 0.2) is 0 Å². The van der Waals surface area contributed by atoms with Gasteiger partial charge in [-0.2, -0.15) is 0 Å². The maximum atomic E-state index is 12.3. The second-order valence-electron chi connectivity index (χ2n) is 4.74. The highest BCUT2D eigenvalue weighted by Crippen LogP contribution is 2.26. The van der Waals surface area contributed by atoms with Crippen molar-refractivity contribution in [3.63, 3.8) is 0 Å². The molecule has 1 aromatic carbocycles. The maximum absolute atomic E-state index is 12.3. The Labute approximate surface area is 127 Å². The van der Waals surface area contributed by atoms with E-state index >= 15 is 0 Å². The zero-order valence-corrected chi connectivity index (χ0v) is 13.0. The molecule has 0 fully saturated rings. The average Bonchev–Trinajstić information content (AvgIpc) is 2.79. The Balaban J connectivity index is 2.18. The third-order valence-corrected chi connectivity index (χ3v) is 3.80. The fraction of sp³-hybridized carbons (Fsp3) is 0.286. The number of nitrogens with zero attached hydrogens (tertiary/aromatic N) is 2. The summed E-state index contributed by atoms with van der Waals surface area (Å²) in [5.74, 6) is 0.588. The lowest BCUT2D eigenvalue weighted by Gasteiger charge is -2.16. The highest BCUT2D eigenvalue weighted by Gasteiger charge is 2.16. The molecule has 0 atom stereocenters. The molecule has 0 aliphatic rings. The highest BCUT2D eigenvalue weighted by molar-refractivity contribution is 6.36. The molecule has 0 saturated carbocycles. The van der Waals surface area contributed by atoms with Gasteiger partial charge in [0.1, 0.15) is 5.82 Å². The summed E-state index contributed by atoms with van der Waals surface area (Å²) < 4.78 is 0. The van der Waals surface area contributed by atoms with E-state index in [0.29, 0.717) is 22.2 Å². The number of imidazole rings is 1. The maximum Gasteiger partial charge on any atom is 0.254 e. The van der Waals surface area contributed by atoms with Crippen LogP contribution in [0.5, 0.6) is 0 Å². The van der Waals surface area contributed by atoms with Crippen molar-refractivity contribution in [1.29, 1.82) is 0 Å². The van der Waals surface area contributed by atoms with Crippen LogP contribution in [0.4, 0.5) is 0 Å². The van der Waals surface area contributed by atoms with Gasteiger partial charge in [-0.1, -0.05) is 23.2 Å². The minimum absolute atomic E-state index is 0.150. The normalized spacial score (nSPS) is 10.7. The molecular weight excluding hydrogens is 297 g/mol. The second-order valence-corrected chi connectivity index (χ2v) is 5.55. The Bertz CT molecular complexity index is 629. The van der Waals surface area contributed by atoms with Crippen molar-refractivity contribution < 1.29 is 4.79 Å². The van der Waals surface area contributed by atoms with Gasteiger partial charge in [-0.05, 0) is 31.5 Å². The topological polar surface area (TPSA) is 49.0 Å². The van der Waals surface area contributed by atoms with E-state index in [-0.39, 0.29) is 5.91 Å². The van der Waals surface area contributed by atoms with Gasteiger partial charge < -0.3 is 9.88 Å². The molecule has 2 aromatic rings. The molecule has 0 aliphatic carbocycles. The molecule has 6 heteroatoms. The molecule has 1 amide bonds. The summed E-state index contributed by atoms with van der Waals surface area (Å²) in [7, 11) is 1.71. The first-order valence-corrected chi connectivity index (χ1v) is 6.85. The van der Waals surface area contributed by atoms with Gasteiger partial charge in [0.05, 0.1) is 6.54 Å². The number of amides is 1. The van der Waals surface area contributed by atoms with Crippen molar-refractivity contribution in [1.82, 2.24) is 14.9 Å². The lowest BCUT2D eigenvalue weighted by molar-refractivity contribution is 0.0782. The van der Waals surface area contributed by atoms with Crippen molar-refractivity contribution in [2.24, 2.45) is 0 Å². The monoisotopic (exact) mass is 311 g/mol. The number of benzene rings is 1. The molecule has 0 spiro atoms. The number of hydrogen-bond donors (Lipinski definition) is 1. The molecular formula is C14H15Cl2N3O. The molecule has 4 nitrogen and oxygen atoms in total. The predicted molar refractivity (Wildman–Crippen MR) is 80.3 cm³/mol. The van der Waals surface area contributed by atoms with E-state index < -0.39 is 0 Å². The number of aromatic amines is 1. The first-order chi connectivity index (χ1) is 9.38. The van der Waals surface area contributed by atoms with E-state index in [9.17, 15) is 4.79 Å². The van der Waals surface area contributed by atoms with Crippen LogP contribution in [0.25, 0.3) is 0 Å². The predicted octanol–water partition coefficient (Wildman–Crippen LogP) is 3.61. The lowest BCUT2D eigenvalue weighted by Crippen LogP contribution is -2.26. The largest absolute Gasteiger partial charge is 0.345 e. The summed E-state index contributed by atoms with van der Waals surface area (Å²) in [6.45, 7) is 4.13. The molecule has 0 saturated heterocycles. The number of hydrogen-bond acceptors (Lipinski definition) is 2. The summed E-state index contributed by atoms with van der Waals surface area (Å²) in [5, 5.41) is 0.978. The van der Waals surface area contributed by atoms with Gasteiger partial charge in [-0.25, -0.2) is 4.98 Å². The molecule has 1 aromatic heterocycles. The summed E-state index contributed by atoms with van der Waals surface area (Å²) in [4.78, 5) is 21.2. The van der Waals surface area contributed by atoms with Crippen molar-refractivity contribution in [3.05, 3.63) is 51.0 Å². The number of carbonyl (C=O) groups excluding carboxylic acids is 1. The molecule has 106 valence electrons. The van der Waals surface area contributed by atoms with Gasteiger partial charge in [0, 0.05) is 34.5 Å². The summed E-state index contributed by atoms with van der Waals surface area (Å²) in [6.07, 6.45) is 1.73. The summed E-state index contributed by atoms with van der Waals surface area (Å²) >= 11 is 12.1. The van der Waals surface area contributed by atoms with Crippen molar-refractivity contribution >= 4 is 29.1 Å². The SMILES string of the molecule is Cc1cnc(CN(C)C(=O)c2cc(Cl)c(C)c(Cl)c2)[nH]1. The van der Waals surface area contributed by atoms with E-state index in [1.807, 2.05) is 13.8 Å². The number of aryl methyl sites for hydroxylation is 1. The zero-order valence-electron chi connectivity index (χ0n) is 11.5. The van der Waals surface area contributed by atoms with Crippen molar-refractivity contribution in [2.75, 3.05) is 7.05 Å². The van der Waals surface area contributed by atoms with Crippen LogP contribution in [-0.4, -0.2) is 27.8 Å². The Kier molecular flexibility index (Phi) is 4.35. The fourth-order valence-corrected chi connectivity index (χ4v) is 2.32. The molecule has 1 N–H and O–H groups in total. The minimum Gasteiger partial charge on any atom is -0.345 e. The summed E-state index contributed by atoms with van der Waals surface area (Å²) in [5.41, 5.74) is 2.20. The molecule has 0 bridgehead atoms. The number of rotatable bonds is 3. The molecule has 0 radical (unpaired) electrons. The number of nitrogens with one attached hydrogen (secondary N) is 1. The molecule has 20 heavy (non-hydrogen) atoms. The van der Waals surface area contributed by atoms with E-state index in [0.717, 1.165) is 17.1 Å². The first kappa shape index (κ1) is 14.9. The van der Waals surface area contributed by atoms with Crippen LogP contribution in [0.3, 0.4) is 0 Å². The van der Waals surface area contributed by atoms with E-state index in [1.165, 1.54) is 0 Å². The van der Waals surface area contributed by atoms with Crippen LogP contribution >= 0.6 is 23.2 Å². The zero-order chi connectivity index (χ0) is 14.9. The van der Waals surface area contributed by atoms with Crippen LogP contribution < -0.4 is 0 Å². The van der Waals surface area contributed by atoms with Crippen molar-refractivity contribution in [2.45, 2.75) is 20.4 Å². The van der Waals surface area contributed by atoms with Crippen LogP contribution in [-0.2, 0) is 6.54 Å². The van der Waals surface area contributed by atoms with Crippen LogP contribution in [0.1, 0.15) is 27.4 Å². The van der Waals surface area contributed by atoms with Gasteiger partial charge in [-0.3, -0.25) is 4.79 Å². The summed E-state index contributed by atoms with van der Waals surface area (Å²) in [6, 6.07) is 3.27. The molecule has 0 aliphatic heterocycles. The smallest absolute Gasteiger partial charge is 0.254 e. The Morgan fingerprint density at radius 1 is 1.30 bits per heavy atom. The molecule has 2 rings (SSSR count). The van der Waals surface area contributed by atoms with Crippen molar-refractivity contribution in [3.8, 4) is 0 Å². The standard InChI is InChI=1S/C14H15Cl2N3O/c1-8-6-17-13(18-8)7-19(3)14(20)10-4-11(15)9(2)12(16)5-10/h4-6H,7H2,1-3H3,(H,17,18). The molecule has 0 unspecified atom stereocenters. The number of H-pyrrole nitrogens is 1. The van der Waals surface area contributed by atoms with E-state index in [1.54, 1.807) is 30.3 Å². The first-order valence-electron chi connectivity index (χ1n) is 6.10. The Morgan fingerprint density at radius 3 is 2.40 bits per heavy atom.